The van der Waals surface area contributed by atoms with Crippen LogP contribution >= 0.6 is 0 Å². The second-order valence-electron chi connectivity index (χ2n) is 9.03. The zero-order chi connectivity index (χ0) is 21.6. The molecule has 0 atom stereocenters. The van der Waals surface area contributed by atoms with Crippen molar-refractivity contribution >= 4 is 11.8 Å². The highest BCUT2D eigenvalue weighted by Crippen LogP contribution is 2.28. The molecule has 0 radical (unpaired) electrons. The highest BCUT2D eigenvalue weighted by molar-refractivity contribution is 5.99. The first-order chi connectivity index (χ1) is 13.6. The van der Waals surface area contributed by atoms with E-state index in [-0.39, 0.29) is 23.3 Å². The van der Waals surface area contributed by atoms with Gasteiger partial charge in [-0.05, 0) is 47.5 Å². The van der Waals surface area contributed by atoms with Gasteiger partial charge in [-0.25, -0.2) is 0 Å². The van der Waals surface area contributed by atoms with Crippen LogP contribution in [0.1, 0.15) is 93.5 Å². The zero-order valence-electron chi connectivity index (χ0n) is 18.3. The van der Waals surface area contributed by atoms with Gasteiger partial charge in [0.2, 0.25) is 5.43 Å². The van der Waals surface area contributed by atoms with Crippen LogP contribution in [0.15, 0.2) is 17.2 Å². The van der Waals surface area contributed by atoms with E-state index >= 15 is 0 Å². The lowest BCUT2D eigenvalue weighted by Gasteiger charge is -2.26. The van der Waals surface area contributed by atoms with Gasteiger partial charge in [0.15, 0.2) is 0 Å². The fourth-order valence-corrected chi connectivity index (χ4v) is 3.47. The summed E-state index contributed by atoms with van der Waals surface area (Å²) < 4.78 is 7.32. The van der Waals surface area contributed by atoms with Crippen LogP contribution in [-0.2, 0) is 4.74 Å². The lowest BCUT2D eigenvalue weighted by molar-refractivity contribution is 0.0745. The molecule has 0 spiro atoms. The van der Waals surface area contributed by atoms with E-state index in [0.29, 0.717) is 13.2 Å². The molecule has 162 valence electrons. The first-order valence-corrected chi connectivity index (χ1v) is 10.6. The molecule has 2 amide bonds. The summed E-state index contributed by atoms with van der Waals surface area (Å²) in [5.74, 6) is -0.929. The Labute approximate surface area is 173 Å². The summed E-state index contributed by atoms with van der Waals surface area (Å²) in [5, 5.41) is 5.56. The number of amides is 2. The number of pyridine rings is 1. The monoisotopic (exact) mass is 405 g/mol. The molecule has 2 rings (SSSR count). The molecule has 0 aromatic carbocycles. The van der Waals surface area contributed by atoms with Gasteiger partial charge in [0.1, 0.15) is 11.1 Å². The second-order valence-corrected chi connectivity index (χ2v) is 9.03. The Kier molecular flexibility index (Phi) is 8.02. The van der Waals surface area contributed by atoms with E-state index in [0.717, 1.165) is 25.7 Å². The molecule has 2 N–H and O–H groups in total. The smallest absolute Gasteiger partial charge is 0.257 e. The molecular weight excluding hydrogens is 370 g/mol. The molecule has 7 nitrogen and oxygen atoms in total. The number of rotatable bonds is 7. The van der Waals surface area contributed by atoms with Gasteiger partial charge in [-0.2, -0.15) is 0 Å². The number of aromatic nitrogens is 1. The van der Waals surface area contributed by atoms with Gasteiger partial charge in [-0.3, -0.25) is 14.4 Å². The van der Waals surface area contributed by atoms with Crippen molar-refractivity contribution in [3.63, 3.8) is 0 Å². The normalized spacial score (nSPS) is 15.4. The molecule has 0 bridgehead atoms. The average molecular weight is 406 g/mol. The zero-order valence-corrected chi connectivity index (χ0v) is 18.3. The summed E-state index contributed by atoms with van der Waals surface area (Å²) in [5.41, 5.74) is -1.01. The van der Waals surface area contributed by atoms with Crippen molar-refractivity contribution < 1.29 is 14.3 Å². The maximum absolute atomic E-state index is 12.9. The number of nitrogens with one attached hydrogen (secondary N) is 2. The topological polar surface area (TPSA) is 89.4 Å². The third-order valence-corrected chi connectivity index (χ3v) is 4.86. The van der Waals surface area contributed by atoms with Gasteiger partial charge in [0.05, 0.1) is 12.7 Å². The Morgan fingerprint density at radius 3 is 2.24 bits per heavy atom. The van der Waals surface area contributed by atoms with Gasteiger partial charge in [-0.1, -0.05) is 19.3 Å². The molecule has 0 aliphatic heterocycles. The van der Waals surface area contributed by atoms with Crippen molar-refractivity contribution in [3.05, 3.63) is 33.7 Å². The van der Waals surface area contributed by atoms with Crippen molar-refractivity contribution in [2.45, 2.75) is 84.4 Å². The Morgan fingerprint density at radius 1 is 1.10 bits per heavy atom. The van der Waals surface area contributed by atoms with Crippen molar-refractivity contribution in [3.8, 4) is 0 Å². The lowest BCUT2D eigenvalue weighted by Crippen LogP contribution is -2.43. The molecule has 7 heteroatoms. The van der Waals surface area contributed by atoms with Crippen LogP contribution in [0.25, 0.3) is 0 Å². The van der Waals surface area contributed by atoms with E-state index in [1.54, 1.807) is 12.4 Å². The maximum atomic E-state index is 12.9. The minimum atomic E-state index is -0.541. The molecule has 29 heavy (non-hydrogen) atoms. The van der Waals surface area contributed by atoms with Gasteiger partial charge < -0.3 is 19.9 Å². The molecule has 1 aromatic rings. The summed E-state index contributed by atoms with van der Waals surface area (Å²) in [6, 6.07) is 0.196. The average Bonchev–Trinajstić information content (AvgIpc) is 2.64. The second kappa shape index (κ2) is 10.1. The first-order valence-electron chi connectivity index (χ1n) is 10.6. The van der Waals surface area contributed by atoms with E-state index in [1.807, 2.05) is 39.2 Å². The predicted molar refractivity (Wildman–Crippen MR) is 113 cm³/mol. The quantitative estimate of drug-likeness (QED) is 0.683. The van der Waals surface area contributed by atoms with E-state index in [9.17, 15) is 14.4 Å². The van der Waals surface area contributed by atoms with Gasteiger partial charge in [0, 0.05) is 30.5 Å². The predicted octanol–water partition coefficient (Wildman–Crippen LogP) is 3.04. The molecule has 1 fully saturated rings. The third kappa shape index (κ3) is 6.99. The third-order valence-electron chi connectivity index (χ3n) is 4.86. The van der Waals surface area contributed by atoms with Gasteiger partial charge >= 0.3 is 0 Å². The summed E-state index contributed by atoms with van der Waals surface area (Å²) in [6.07, 6.45) is 8.64. The lowest BCUT2D eigenvalue weighted by atomic mass is 9.95. The SMILES string of the molecule is CC(C)OCCNC(=O)c1cn(C2CCCCC2)cc(C(=O)NC(C)(C)C)c1=O. The molecule has 1 aliphatic rings. The van der Waals surface area contributed by atoms with Gasteiger partial charge in [-0.15, -0.1) is 0 Å². The Hall–Kier alpha value is -2.15. The standard InChI is InChI=1S/C22H35N3O4/c1-15(2)29-12-11-23-20(27)17-13-25(16-9-7-6-8-10-16)14-18(19(17)26)21(28)24-22(3,4)5/h13-16H,6-12H2,1-5H3,(H,23,27)(H,24,28). The van der Waals surface area contributed by atoms with Crippen LogP contribution in [-0.4, -0.2) is 41.2 Å². The van der Waals surface area contributed by atoms with Crippen LogP contribution in [0, 0.1) is 0 Å². The Morgan fingerprint density at radius 2 is 1.69 bits per heavy atom. The van der Waals surface area contributed by atoms with E-state index < -0.39 is 22.8 Å². The number of nitrogens with zero attached hydrogens (tertiary/aromatic N) is 1. The fourth-order valence-electron chi connectivity index (χ4n) is 3.47. The molecule has 0 saturated heterocycles. The molecule has 1 saturated carbocycles. The minimum Gasteiger partial charge on any atom is -0.377 e. The van der Waals surface area contributed by atoms with E-state index in [4.69, 9.17) is 4.74 Å². The van der Waals surface area contributed by atoms with Gasteiger partial charge in [0.25, 0.3) is 11.8 Å². The largest absolute Gasteiger partial charge is 0.377 e. The number of hydrogen-bond acceptors (Lipinski definition) is 4. The Balaban J connectivity index is 2.32. The van der Waals surface area contributed by atoms with Crippen molar-refractivity contribution in [1.29, 1.82) is 0 Å². The van der Waals surface area contributed by atoms with Crippen LogP contribution < -0.4 is 16.1 Å². The summed E-state index contributed by atoms with van der Waals surface area (Å²) in [6.45, 7) is 10.1. The highest BCUT2D eigenvalue weighted by atomic mass is 16.5. The van der Waals surface area contributed by atoms with Crippen LogP contribution in [0.3, 0.4) is 0 Å². The van der Waals surface area contributed by atoms with Crippen molar-refractivity contribution in [2.24, 2.45) is 0 Å². The fraction of sp³-hybridized carbons (Fsp3) is 0.682. The maximum Gasteiger partial charge on any atom is 0.257 e. The summed E-state index contributed by atoms with van der Waals surface area (Å²) in [4.78, 5) is 38.4. The van der Waals surface area contributed by atoms with Crippen molar-refractivity contribution in [1.82, 2.24) is 15.2 Å². The molecular formula is C22H35N3O4. The van der Waals surface area contributed by atoms with Crippen LogP contribution in [0.2, 0.25) is 0 Å². The van der Waals surface area contributed by atoms with E-state index in [2.05, 4.69) is 10.6 Å². The number of hydrogen-bond donors (Lipinski definition) is 2. The van der Waals surface area contributed by atoms with Crippen LogP contribution in [0.5, 0.6) is 0 Å². The number of ether oxygens (including phenoxy) is 1. The number of carbonyl (C=O) groups excluding carboxylic acids is 2. The Bertz CT molecular complexity index is 771. The summed E-state index contributed by atoms with van der Waals surface area (Å²) in [7, 11) is 0. The molecule has 0 unspecified atom stereocenters. The molecule has 1 aliphatic carbocycles. The minimum absolute atomic E-state index is 0.00156. The van der Waals surface area contributed by atoms with Crippen LogP contribution in [0.4, 0.5) is 0 Å². The van der Waals surface area contributed by atoms with Crippen molar-refractivity contribution in [2.75, 3.05) is 13.2 Å². The highest BCUT2D eigenvalue weighted by Gasteiger charge is 2.24. The molecule has 1 heterocycles. The first kappa shape index (κ1) is 23.1. The summed E-state index contributed by atoms with van der Waals surface area (Å²) >= 11 is 0. The molecule has 1 aromatic heterocycles. The van der Waals surface area contributed by atoms with E-state index in [1.165, 1.54) is 6.42 Å². The number of carbonyl (C=O) groups is 2.